The van der Waals surface area contributed by atoms with E-state index < -0.39 is 5.60 Å². The highest BCUT2D eigenvalue weighted by Gasteiger charge is 2.26. The number of fused-ring (bicyclic) bond motifs is 1. The first kappa shape index (κ1) is 28.0. The molecule has 0 saturated carbocycles. The molecule has 1 aromatic heterocycles. The Morgan fingerprint density at radius 2 is 1.75 bits per heavy atom. The summed E-state index contributed by atoms with van der Waals surface area (Å²) in [4.78, 5) is 34.0. The van der Waals surface area contributed by atoms with Crippen LogP contribution in [0.2, 0.25) is 10.0 Å². The van der Waals surface area contributed by atoms with Gasteiger partial charge in [0.05, 0.1) is 21.8 Å². The molecule has 2 heterocycles. The molecule has 0 unspecified atom stereocenters. The molecule has 8 nitrogen and oxygen atoms in total. The minimum absolute atomic E-state index is 0.267. The molecular weight excluding hydrogens is 551 g/mol. The number of rotatable bonds is 5. The summed E-state index contributed by atoms with van der Waals surface area (Å²) in [7, 11) is 0. The van der Waals surface area contributed by atoms with E-state index >= 15 is 0 Å². The lowest BCUT2D eigenvalue weighted by atomic mass is 10.1. The molecule has 1 fully saturated rings. The number of amides is 2. The van der Waals surface area contributed by atoms with Gasteiger partial charge >= 0.3 is 6.09 Å². The van der Waals surface area contributed by atoms with Crippen LogP contribution in [0.3, 0.4) is 0 Å². The highest BCUT2D eigenvalue weighted by Crippen LogP contribution is 2.32. The fraction of sp³-hybridized carbons (Fsp3) is 0.300. The van der Waals surface area contributed by atoms with E-state index in [9.17, 15) is 9.59 Å². The summed E-state index contributed by atoms with van der Waals surface area (Å²) in [6.07, 6.45) is -0.268. The second-order valence-electron chi connectivity index (χ2n) is 10.7. The van der Waals surface area contributed by atoms with Gasteiger partial charge in [0, 0.05) is 37.7 Å². The average molecular weight is 582 g/mol. The summed E-state index contributed by atoms with van der Waals surface area (Å²) in [6, 6.07) is 18.0. The molecule has 0 atom stereocenters. The van der Waals surface area contributed by atoms with Crippen molar-refractivity contribution in [3.8, 4) is 11.5 Å². The molecule has 1 saturated heterocycles. The maximum Gasteiger partial charge on any atom is 0.410 e. The molecule has 40 heavy (non-hydrogen) atoms. The first-order valence-electron chi connectivity index (χ1n) is 13.0. The first-order valence-corrected chi connectivity index (χ1v) is 13.8. The number of oxazole rings is 1. The molecule has 1 aliphatic heterocycles. The van der Waals surface area contributed by atoms with Gasteiger partial charge in [-0.2, -0.15) is 0 Å². The predicted molar refractivity (Wildman–Crippen MR) is 157 cm³/mol. The zero-order chi connectivity index (χ0) is 28.4. The van der Waals surface area contributed by atoms with Crippen LogP contribution in [0.5, 0.6) is 0 Å². The van der Waals surface area contributed by atoms with Crippen molar-refractivity contribution in [1.82, 2.24) is 14.8 Å². The van der Waals surface area contributed by atoms with Crippen LogP contribution in [-0.2, 0) is 11.3 Å². The third-order valence-corrected chi connectivity index (χ3v) is 7.01. The van der Waals surface area contributed by atoms with Crippen LogP contribution < -0.4 is 5.32 Å². The highest BCUT2D eigenvalue weighted by atomic mass is 35.5. The van der Waals surface area contributed by atoms with Gasteiger partial charge in [0.2, 0.25) is 5.89 Å². The van der Waals surface area contributed by atoms with E-state index in [0.29, 0.717) is 46.4 Å². The van der Waals surface area contributed by atoms with Gasteiger partial charge in [0.15, 0.2) is 5.58 Å². The fourth-order valence-electron chi connectivity index (χ4n) is 4.50. The Balaban J connectivity index is 1.28. The molecule has 0 bridgehead atoms. The quantitative estimate of drug-likeness (QED) is 0.270. The molecule has 0 aliphatic carbocycles. The first-order chi connectivity index (χ1) is 19.1. The second-order valence-corrected chi connectivity index (χ2v) is 11.5. The number of carbonyl (C=O) groups excluding carboxylic acids is 2. The Labute approximate surface area is 242 Å². The summed E-state index contributed by atoms with van der Waals surface area (Å²) in [5.41, 5.74) is 3.47. The van der Waals surface area contributed by atoms with Crippen LogP contribution in [-0.4, -0.2) is 58.6 Å². The van der Waals surface area contributed by atoms with Crippen molar-refractivity contribution < 1.29 is 18.7 Å². The van der Waals surface area contributed by atoms with Gasteiger partial charge in [-0.25, -0.2) is 9.78 Å². The van der Waals surface area contributed by atoms with Crippen molar-refractivity contribution in [2.24, 2.45) is 0 Å². The molecule has 10 heteroatoms. The largest absolute Gasteiger partial charge is 0.444 e. The minimum Gasteiger partial charge on any atom is -0.444 e. The van der Waals surface area contributed by atoms with E-state index in [-0.39, 0.29) is 17.0 Å². The van der Waals surface area contributed by atoms with E-state index in [2.05, 4.69) is 15.2 Å². The van der Waals surface area contributed by atoms with E-state index in [0.717, 1.165) is 30.7 Å². The van der Waals surface area contributed by atoms with Crippen molar-refractivity contribution in [3.05, 3.63) is 81.8 Å². The molecule has 1 N–H and O–H groups in total. The van der Waals surface area contributed by atoms with Gasteiger partial charge in [-0.05, 0) is 68.8 Å². The van der Waals surface area contributed by atoms with Crippen LogP contribution in [0.15, 0.2) is 65.1 Å². The summed E-state index contributed by atoms with van der Waals surface area (Å²) in [5, 5.41) is 3.63. The van der Waals surface area contributed by atoms with Crippen molar-refractivity contribution in [2.75, 3.05) is 31.5 Å². The smallest absolute Gasteiger partial charge is 0.410 e. The Morgan fingerprint density at radius 3 is 2.48 bits per heavy atom. The van der Waals surface area contributed by atoms with E-state index in [1.54, 1.807) is 23.1 Å². The molecule has 4 aromatic rings. The van der Waals surface area contributed by atoms with E-state index in [1.807, 2.05) is 57.2 Å². The number of anilines is 1. The third-order valence-electron chi connectivity index (χ3n) is 6.46. The SMILES string of the molecule is CC(C)(C)OC(=O)N1CCN(Cc2ccc3nc(-c4ccccc4NC(=O)c4ccc(Cl)cc4Cl)oc3c2)CC1. The number of hydrogen-bond acceptors (Lipinski definition) is 6. The fourth-order valence-corrected chi connectivity index (χ4v) is 4.99. The number of halogens is 2. The Kier molecular flexibility index (Phi) is 8.03. The summed E-state index contributed by atoms with van der Waals surface area (Å²) >= 11 is 12.2. The second kappa shape index (κ2) is 11.5. The maximum absolute atomic E-state index is 12.9. The number of hydrogen-bond donors (Lipinski definition) is 1. The molecular formula is C30H30Cl2N4O4. The lowest BCUT2D eigenvalue weighted by Gasteiger charge is -2.35. The molecule has 2 amide bonds. The van der Waals surface area contributed by atoms with Crippen LogP contribution in [0.4, 0.5) is 10.5 Å². The van der Waals surface area contributed by atoms with Gasteiger partial charge < -0.3 is 19.4 Å². The number of nitrogens with zero attached hydrogens (tertiary/aromatic N) is 3. The van der Waals surface area contributed by atoms with Gasteiger partial charge in [-0.15, -0.1) is 0 Å². The van der Waals surface area contributed by atoms with E-state index in [1.165, 1.54) is 6.07 Å². The van der Waals surface area contributed by atoms with Crippen LogP contribution in [0.1, 0.15) is 36.7 Å². The van der Waals surface area contributed by atoms with Gasteiger partial charge in [0.1, 0.15) is 11.1 Å². The van der Waals surface area contributed by atoms with Crippen molar-refractivity contribution in [2.45, 2.75) is 32.9 Å². The predicted octanol–water partition coefficient (Wildman–Crippen LogP) is 7.11. The third kappa shape index (κ3) is 6.58. The molecule has 208 valence electrons. The summed E-state index contributed by atoms with van der Waals surface area (Å²) < 4.78 is 11.6. The van der Waals surface area contributed by atoms with Crippen molar-refractivity contribution >= 4 is 52.0 Å². The highest BCUT2D eigenvalue weighted by molar-refractivity contribution is 6.37. The summed E-state index contributed by atoms with van der Waals surface area (Å²) in [5.74, 6) is 0.0375. The topological polar surface area (TPSA) is 87.9 Å². The standard InChI is InChI=1S/C30H30Cl2N4O4/c1-30(2,3)40-29(38)36-14-12-35(13-15-36)18-19-8-11-25-26(16-19)39-28(34-25)22-6-4-5-7-24(22)33-27(37)21-10-9-20(31)17-23(21)32/h4-11,16-17H,12-15,18H2,1-3H3,(H,33,37). The molecule has 1 aliphatic rings. The molecule has 5 rings (SSSR count). The number of ether oxygens (including phenoxy) is 1. The van der Waals surface area contributed by atoms with Crippen LogP contribution in [0, 0.1) is 0 Å². The lowest BCUT2D eigenvalue weighted by Crippen LogP contribution is -2.49. The Morgan fingerprint density at radius 1 is 1.00 bits per heavy atom. The van der Waals surface area contributed by atoms with Crippen molar-refractivity contribution in [3.63, 3.8) is 0 Å². The monoisotopic (exact) mass is 580 g/mol. The number of nitrogens with one attached hydrogen (secondary N) is 1. The summed E-state index contributed by atoms with van der Waals surface area (Å²) in [6.45, 7) is 9.09. The number of piperazine rings is 1. The zero-order valence-corrected chi connectivity index (χ0v) is 24.1. The lowest BCUT2D eigenvalue weighted by molar-refractivity contribution is 0.0139. The molecule has 0 radical (unpaired) electrons. The van der Waals surface area contributed by atoms with Gasteiger partial charge in [-0.1, -0.05) is 41.4 Å². The zero-order valence-electron chi connectivity index (χ0n) is 22.5. The number of para-hydroxylation sites is 1. The maximum atomic E-state index is 12.9. The van der Waals surface area contributed by atoms with Gasteiger partial charge in [-0.3, -0.25) is 9.69 Å². The number of benzene rings is 3. The normalized spacial score (nSPS) is 14.4. The number of aromatic nitrogens is 1. The molecule has 3 aromatic carbocycles. The Bertz CT molecular complexity index is 1560. The number of carbonyl (C=O) groups is 2. The average Bonchev–Trinajstić information content (AvgIpc) is 3.31. The minimum atomic E-state index is -0.504. The molecule has 0 spiro atoms. The van der Waals surface area contributed by atoms with Crippen molar-refractivity contribution in [1.29, 1.82) is 0 Å². The van der Waals surface area contributed by atoms with Gasteiger partial charge in [0.25, 0.3) is 5.91 Å². The van der Waals surface area contributed by atoms with Crippen LogP contribution >= 0.6 is 23.2 Å². The van der Waals surface area contributed by atoms with Crippen LogP contribution in [0.25, 0.3) is 22.6 Å². The Hall–Kier alpha value is -3.59. The van der Waals surface area contributed by atoms with E-state index in [4.69, 9.17) is 32.4 Å².